The van der Waals surface area contributed by atoms with E-state index in [-0.39, 0.29) is 28.0 Å². The van der Waals surface area contributed by atoms with Gasteiger partial charge in [-0.2, -0.15) is 0 Å². The summed E-state index contributed by atoms with van der Waals surface area (Å²) >= 11 is 2.84. The smallest absolute Gasteiger partial charge is 0.150 e. The van der Waals surface area contributed by atoms with Gasteiger partial charge in [0, 0.05) is 11.5 Å². The van der Waals surface area contributed by atoms with Gasteiger partial charge >= 0.3 is 0 Å². The molecule has 1 aromatic rings. The quantitative estimate of drug-likeness (QED) is 0.839. The van der Waals surface area contributed by atoms with E-state index in [4.69, 9.17) is 0 Å². The Morgan fingerprint density at radius 3 is 2.56 bits per heavy atom. The Morgan fingerprint density at radius 1 is 1.33 bits per heavy atom. The maximum atomic E-state index is 13.6. The summed E-state index contributed by atoms with van der Waals surface area (Å²) in [6, 6.07) is 1.83. The van der Waals surface area contributed by atoms with Crippen LogP contribution in [-0.2, 0) is 9.84 Å². The zero-order chi connectivity index (χ0) is 13.5. The third-order valence-corrected chi connectivity index (χ3v) is 5.47. The van der Waals surface area contributed by atoms with Gasteiger partial charge in [-0.25, -0.2) is 17.2 Å². The molecule has 2 rings (SSSR count). The second-order valence-corrected chi connectivity index (χ2v) is 7.48. The number of aliphatic hydroxyl groups is 1. The maximum Gasteiger partial charge on any atom is 0.150 e. The van der Waals surface area contributed by atoms with Gasteiger partial charge in [-0.05, 0) is 34.5 Å². The van der Waals surface area contributed by atoms with Gasteiger partial charge in [-0.3, -0.25) is 0 Å². The van der Waals surface area contributed by atoms with Crippen molar-refractivity contribution in [3.05, 3.63) is 33.8 Å². The van der Waals surface area contributed by atoms with Crippen molar-refractivity contribution in [2.24, 2.45) is 5.92 Å². The number of hydrogen-bond donors (Lipinski definition) is 1. The number of halogens is 3. The number of aliphatic hydroxyl groups excluding tert-OH is 1. The fraction of sp³-hybridized carbons (Fsp3) is 0.455. The second-order valence-electron chi connectivity index (χ2n) is 4.40. The Bertz CT molecular complexity index is 574. The van der Waals surface area contributed by atoms with Crippen LogP contribution in [0.2, 0.25) is 0 Å². The predicted molar refractivity (Wildman–Crippen MR) is 65.8 cm³/mol. The molecule has 2 atom stereocenters. The van der Waals surface area contributed by atoms with Crippen molar-refractivity contribution in [3.63, 3.8) is 0 Å². The van der Waals surface area contributed by atoms with Gasteiger partial charge in [0.25, 0.3) is 0 Å². The highest BCUT2D eigenvalue weighted by Crippen LogP contribution is 2.34. The highest BCUT2D eigenvalue weighted by molar-refractivity contribution is 9.10. The molecule has 0 bridgehead atoms. The first-order chi connectivity index (χ1) is 8.30. The number of hydrogen-bond acceptors (Lipinski definition) is 3. The summed E-state index contributed by atoms with van der Waals surface area (Å²) in [5, 5.41) is 9.96. The van der Waals surface area contributed by atoms with Crippen LogP contribution < -0.4 is 0 Å². The monoisotopic (exact) mass is 340 g/mol. The van der Waals surface area contributed by atoms with E-state index < -0.39 is 33.5 Å². The lowest BCUT2D eigenvalue weighted by molar-refractivity contribution is 0.116. The fourth-order valence-electron chi connectivity index (χ4n) is 2.09. The van der Waals surface area contributed by atoms with E-state index in [1.807, 2.05) is 0 Å². The average Bonchev–Trinajstić information content (AvgIpc) is 2.63. The van der Waals surface area contributed by atoms with Crippen molar-refractivity contribution < 1.29 is 22.3 Å². The average molecular weight is 341 g/mol. The first-order valence-corrected chi connectivity index (χ1v) is 7.94. The van der Waals surface area contributed by atoms with E-state index in [1.54, 1.807) is 0 Å². The SMILES string of the molecule is O=S1(=O)CCC(C(O)c2cc(F)c(Br)cc2F)C1. The Balaban J connectivity index is 2.30. The van der Waals surface area contributed by atoms with Crippen LogP contribution in [0.25, 0.3) is 0 Å². The van der Waals surface area contributed by atoms with Crippen LogP contribution in [0.5, 0.6) is 0 Å². The zero-order valence-electron chi connectivity index (χ0n) is 9.24. The van der Waals surface area contributed by atoms with Gasteiger partial charge in [0.15, 0.2) is 9.84 Å². The van der Waals surface area contributed by atoms with Crippen LogP contribution in [0.1, 0.15) is 18.1 Å². The molecule has 1 N–H and O–H groups in total. The van der Waals surface area contributed by atoms with E-state index in [2.05, 4.69) is 15.9 Å². The Hall–Kier alpha value is -0.530. The van der Waals surface area contributed by atoms with Crippen LogP contribution in [0.3, 0.4) is 0 Å². The van der Waals surface area contributed by atoms with Crippen LogP contribution in [-0.4, -0.2) is 25.0 Å². The van der Waals surface area contributed by atoms with Gasteiger partial charge < -0.3 is 5.11 Å². The minimum absolute atomic E-state index is 0.0185. The van der Waals surface area contributed by atoms with Gasteiger partial charge in [-0.1, -0.05) is 0 Å². The highest BCUT2D eigenvalue weighted by Gasteiger charge is 2.34. The molecule has 1 aliphatic heterocycles. The number of rotatable bonds is 2. The molecule has 2 unspecified atom stereocenters. The molecule has 3 nitrogen and oxygen atoms in total. The fourth-order valence-corrected chi connectivity index (χ4v) is 4.24. The first kappa shape index (κ1) is 13.9. The summed E-state index contributed by atoms with van der Waals surface area (Å²) in [4.78, 5) is 0. The van der Waals surface area contributed by atoms with Gasteiger partial charge in [0.2, 0.25) is 0 Å². The Kier molecular flexibility index (Phi) is 3.75. The molecule has 0 aliphatic carbocycles. The van der Waals surface area contributed by atoms with E-state index in [0.29, 0.717) is 0 Å². The Labute approximate surface area is 112 Å². The molecule has 0 saturated carbocycles. The minimum Gasteiger partial charge on any atom is -0.388 e. The third kappa shape index (κ3) is 2.73. The largest absolute Gasteiger partial charge is 0.388 e. The van der Waals surface area contributed by atoms with Crippen LogP contribution in [0, 0.1) is 17.6 Å². The summed E-state index contributed by atoms with van der Waals surface area (Å²) in [6.45, 7) is 0. The van der Waals surface area contributed by atoms with Crippen LogP contribution in [0.15, 0.2) is 16.6 Å². The van der Waals surface area contributed by atoms with Gasteiger partial charge in [-0.15, -0.1) is 0 Å². The molecule has 0 radical (unpaired) electrons. The van der Waals surface area contributed by atoms with Crippen molar-refractivity contribution in [1.29, 1.82) is 0 Å². The van der Waals surface area contributed by atoms with Crippen molar-refractivity contribution >= 4 is 25.8 Å². The van der Waals surface area contributed by atoms with Crippen molar-refractivity contribution in [3.8, 4) is 0 Å². The third-order valence-electron chi connectivity index (χ3n) is 3.07. The Morgan fingerprint density at radius 2 is 2.00 bits per heavy atom. The lowest BCUT2D eigenvalue weighted by atomic mass is 9.95. The molecule has 0 spiro atoms. The summed E-state index contributed by atoms with van der Waals surface area (Å²) < 4.78 is 49.5. The van der Waals surface area contributed by atoms with Crippen LogP contribution >= 0.6 is 15.9 Å². The van der Waals surface area contributed by atoms with E-state index in [0.717, 1.165) is 12.1 Å². The second kappa shape index (κ2) is 4.86. The summed E-state index contributed by atoms with van der Waals surface area (Å²) in [5.41, 5.74) is -0.196. The summed E-state index contributed by atoms with van der Waals surface area (Å²) in [7, 11) is -3.17. The number of benzene rings is 1. The van der Waals surface area contributed by atoms with Gasteiger partial charge in [0.1, 0.15) is 11.6 Å². The van der Waals surface area contributed by atoms with E-state index in [9.17, 15) is 22.3 Å². The zero-order valence-corrected chi connectivity index (χ0v) is 11.6. The molecule has 18 heavy (non-hydrogen) atoms. The summed E-state index contributed by atoms with van der Waals surface area (Å²) in [5.74, 6) is -2.22. The highest BCUT2D eigenvalue weighted by atomic mass is 79.9. The molecule has 0 amide bonds. The molecule has 1 aromatic carbocycles. The lowest BCUT2D eigenvalue weighted by Crippen LogP contribution is -2.16. The van der Waals surface area contributed by atoms with Crippen LogP contribution in [0.4, 0.5) is 8.78 Å². The molecule has 1 aliphatic rings. The molecule has 100 valence electrons. The molecule has 1 saturated heterocycles. The standard InChI is InChI=1S/C11H11BrF2O3S/c12-8-4-9(13)7(3-10(8)14)11(15)6-1-2-18(16,17)5-6/h3-4,6,11,15H,1-2,5H2. The van der Waals surface area contributed by atoms with Crippen molar-refractivity contribution in [2.45, 2.75) is 12.5 Å². The van der Waals surface area contributed by atoms with E-state index >= 15 is 0 Å². The van der Waals surface area contributed by atoms with Gasteiger partial charge in [0.05, 0.1) is 22.1 Å². The normalized spacial score (nSPS) is 24.1. The van der Waals surface area contributed by atoms with E-state index in [1.165, 1.54) is 0 Å². The lowest BCUT2D eigenvalue weighted by Gasteiger charge is -2.18. The topological polar surface area (TPSA) is 54.4 Å². The maximum absolute atomic E-state index is 13.6. The molecule has 1 heterocycles. The first-order valence-electron chi connectivity index (χ1n) is 5.33. The molecule has 0 aromatic heterocycles. The van der Waals surface area contributed by atoms with Crippen molar-refractivity contribution in [1.82, 2.24) is 0 Å². The predicted octanol–water partition coefficient (Wildman–Crippen LogP) is 2.20. The summed E-state index contributed by atoms with van der Waals surface area (Å²) in [6.07, 6.45) is -1.04. The minimum atomic E-state index is -3.17. The molecular formula is C11H11BrF2O3S. The van der Waals surface area contributed by atoms with Crippen molar-refractivity contribution in [2.75, 3.05) is 11.5 Å². The molecular weight excluding hydrogens is 330 g/mol. The number of sulfone groups is 1. The molecule has 7 heteroatoms. The molecule has 1 fully saturated rings.